The SMILES string of the molecule is COc1cc(N2CCCS2(=O)=O)ccc1NC(=O)C(=O)NC[C@@H]1CCCO1. The normalized spacial score (nSPS) is 21.1. The average molecular weight is 397 g/mol. The van der Waals surface area contributed by atoms with Gasteiger partial charge in [-0.2, -0.15) is 0 Å². The van der Waals surface area contributed by atoms with E-state index in [1.165, 1.54) is 23.5 Å². The van der Waals surface area contributed by atoms with Crippen molar-refractivity contribution in [3.63, 3.8) is 0 Å². The maximum absolute atomic E-state index is 12.1. The molecular formula is C17H23N3O6S. The van der Waals surface area contributed by atoms with Gasteiger partial charge in [0, 0.05) is 25.8 Å². The fourth-order valence-electron chi connectivity index (χ4n) is 3.14. The van der Waals surface area contributed by atoms with Gasteiger partial charge in [0.2, 0.25) is 10.0 Å². The van der Waals surface area contributed by atoms with E-state index in [9.17, 15) is 18.0 Å². The first kappa shape index (κ1) is 19.4. The van der Waals surface area contributed by atoms with E-state index in [1.54, 1.807) is 6.07 Å². The fourth-order valence-corrected chi connectivity index (χ4v) is 4.70. The smallest absolute Gasteiger partial charge is 0.313 e. The van der Waals surface area contributed by atoms with Crippen molar-refractivity contribution < 1.29 is 27.5 Å². The maximum Gasteiger partial charge on any atom is 0.313 e. The Hall–Kier alpha value is -2.33. The zero-order valence-corrected chi connectivity index (χ0v) is 15.9. The molecule has 2 fully saturated rings. The molecule has 0 bridgehead atoms. The molecule has 1 atom stereocenters. The molecule has 148 valence electrons. The number of ether oxygens (including phenoxy) is 2. The standard InChI is InChI=1S/C17H23N3O6S/c1-25-15-10-12(20-7-3-9-27(20,23)24)5-6-14(15)19-17(22)16(21)18-11-13-4-2-8-26-13/h5-6,10,13H,2-4,7-9,11H2,1H3,(H,18,21)(H,19,22)/t13-/m0/s1. The summed E-state index contributed by atoms with van der Waals surface area (Å²) in [6.07, 6.45) is 2.31. The molecule has 1 aromatic rings. The van der Waals surface area contributed by atoms with Crippen LogP contribution >= 0.6 is 0 Å². The van der Waals surface area contributed by atoms with Gasteiger partial charge >= 0.3 is 11.8 Å². The summed E-state index contributed by atoms with van der Waals surface area (Å²) in [4.78, 5) is 24.1. The van der Waals surface area contributed by atoms with Crippen LogP contribution in [0.1, 0.15) is 19.3 Å². The van der Waals surface area contributed by atoms with E-state index in [0.29, 0.717) is 25.3 Å². The quantitative estimate of drug-likeness (QED) is 0.698. The fraction of sp³-hybridized carbons (Fsp3) is 0.529. The molecule has 2 heterocycles. The molecule has 2 aliphatic rings. The Labute approximate surface area is 158 Å². The number of methoxy groups -OCH3 is 1. The summed E-state index contributed by atoms with van der Waals surface area (Å²) in [7, 11) is -1.91. The van der Waals surface area contributed by atoms with E-state index < -0.39 is 21.8 Å². The Kier molecular flexibility index (Phi) is 5.85. The molecule has 0 aliphatic carbocycles. The van der Waals surface area contributed by atoms with Crippen molar-refractivity contribution in [2.45, 2.75) is 25.4 Å². The molecule has 9 nitrogen and oxygen atoms in total. The Morgan fingerprint density at radius 3 is 2.74 bits per heavy atom. The number of nitrogens with zero attached hydrogens (tertiary/aromatic N) is 1. The number of hydrogen-bond acceptors (Lipinski definition) is 6. The topological polar surface area (TPSA) is 114 Å². The Morgan fingerprint density at radius 1 is 1.30 bits per heavy atom. The van der Waals surface area contributed by atoms with Gasteiger partial charge in [0.15, 0.2) is 0 Å². The molecule has 0 saturated carbocycles. The van der Waals surface area contributed by atoms with E-state index in [-0.39, 0.29) is 29.8 Å². The summed E-state index contributed by atoms with van der Waals surface area (Å²) in [6.45, 7) is 1.36. The second-order valence-electron chi connectivity index (χ2n) is 6.43. The molecule has 0 radical (unpaired) electrons. The summed E-state index contributed by atoms with van der Waals surface area (Å²) < 4.78 is 36.1. The number of hydrogen-bond donors (Lipinski definition) is 2. The highest BCUT2D eigenvalue weighted by Gasteiger charge is 2.29. The van der Waals surface area contributed by atoms with Gasteiger partial charge in [-0.05, 0) is 31.4 Å². The van der Waals surface area contributed by atoms with Gasteiger partial charge in [0.25, 0.3) is 0 Å². The van der Waals surface area contributed by atoms with Gasteiger partial charge < -0.3 is 20.1 Å². The summed E-state index contributed by atoms with van der Waals surface area (Å²) in [5.74, 6) is -1.21. The Balaban J connectivity index is 1.65. The Bertz CT molecular complexity index is 820. The minimum absolute atomic E-state index is 0.0574. The first-order valence-corrected chi connectivity index (χ1v) is 10.4. The van der Waals surface area contributed by atoms with Crippen LogP contribution in [0.25, 0.3) is 0 Å². The maximum atomic E-state index is 12.1. The number of nitrogens with one attached hydrogen (secondary N) is 2. The molecule has 0 aromatic heterocycles. The lowest BCUT2D eigenvalue weighted by atomic mass is 10.2. The van der Waals surface area contributed by atoms with Gasteiger partial charge in [-0.15, -0.1) is 0 Å². The van der Waals surface area contributed by atoms with E-state index in [1.807, 2.05) is 0 Å². The van der Waals surface area contributed by atoms with Crippen LogP contribution in [0.5, 0.6) is 5.75 Å². The molecule has 1 aromatic carbocycles. The van der Waals surface area contributed by atoms with E-state index in [2.05, 4.69) is 10.6 Å². The predicted octanol–water partition coefficient (Wildman–Crippen LogP) is 0.469. The first-order chi connectivity index (χ1) is 12.9. The van der Waals surface area contributed by atoms with Crippen LogP contribution in [-0.4, -0.2) is 58.9 Å². The van der Waals surface area contributed by atoms with Gasteiger partial charge in [-0.25, -0.2) is 8.42 Å². The van der Waals surface area contributed by atoms with Crippen molar-refractivity contribution in [1.29, 1.82) is 0 Å². The third kappa shape index (κ3) is 4.51. The molecular weight excluding hydrogens is 374 g/mol. The average Bonchev–Trinajstić information content (AvgIpc) is 3.29. The zero-order valence-electron chi connectivity index (χ0n) is 15.1. The summed E-state index contributed by atoms with van der Waals surface area (Å²) in [6, 6.07) is 4.63. The predicted molar refractivity (Wildman–Crippen MR) is 99.4 cm³/mol. The highest BCUT2D eigenvalue weighted by molar-refractivity contribution is 7.93. The third-order valence-electron chi connectivity index (χ3n) is 4.54. The van der Waals surface area contributed by atoms with Crippen LogP contribution in [-0.2, 0) is 24.3 Å². The molecule has 2 N–H and O–H groups in total. The van der Waals surface area contributed by atoms with Crippen LogP contribution in [0.4, 0.5) is 11.4 Å². The van der Waals surface area contributed by atoms with Crippen LogP contribution in [0.2, 0.25) is 0 Å². The summed E-state index contributed by atoms with van der Waals surface area (Å²) in [5.41, 5.74) is 0.750. The van der Waals surface area contributed by atoms with Crippen molar-refractivity contribution in [3.8, 4) is 5.75 Å². The highest BCUT2D eigenvalue weighted by atomic mass is 32.2. The third-order valence-corrected chi connectivity index (χ3v) is 6.41. The van der Waals surface area contributed by atoms with Crippen molar-refractivity contribution in [2.24, 2.45) is 0 Å². The molecule has 2 aliphatic heterocycles. The van der Waals surface area contributed by atoms with Crippen molar-refractivity contribution in [3.05, 3.63) is 18.2 Å². The lowest BCUT2D eigenvalue weighted by Crippen LogP contribution is -2.39. The Morgan fingerprint density at radius 2 is 2.11 bits per heavy atom. The molecule has 2 saturated heterocycles. The molecule has 3 rings (SSSR count). The minimum atomic E-state index is -3.32. The molecule has 27 heavy (non-hydrogen) atoms. The number of sulfonamides is 1. The van der Waals surface area contributed by atoms with Gasteiger partial charge in [0.1, 0.15) is 5.75 Å². The zero-order chi connectivity index (χ0) is 19.4. The second-order valence-corrected chi connectivity index (χ2v) is 8.44. The van der Waals surface area contributed by atoms with E-state index in [4.69, 9.17) is 9.47 Å². The monoisotopic (exact) mass is 397 g/mol. The second kappa shape index (κ2) is 8.13. The number of carbonyl (C=O) groups is 2. The summed E-state index contributed by atoms with van der Waals surface area (Å²) in [5, 5.41) is 5.04. The number of carbonyl (C=O) groups excluding carboxylic acids is 2. The lowest BCUT2D eigenvalue weighted by Gasteiger charge is -2.19. The van der Waals surface area contributed by atoms with Gasteiger partial charge in [0.05, 0.1) is 30.3 Å². The van der Waals surface area contributed by atoms with E-state index >= 15 is 0 Å². The van der Waals surface area contributed by atoms with Crippen LogP contribution < -0.4 is 19.7 Å². The number of rotatable bonds is 5. The number of amides is 2. The first-order valence-electron chi connectivity index (χ1n) is 8.80. The van der Waals surface area contributed by atoms with E-state index in [0.717, 1.165) is 12.8 Å². The minimum Gasteiger partial charge on any atom is -0.494 e. The largest absolute Gasteiger partial charge is 0.494 e. The van der Waals surface area contributed by atoms with Crippen LogP contribution in [0.3, 0.4) is 0 Å². The van der Waals surface area contributed by atoms with Crippen molar-refractivity contribution in [2.75, 3.05) is 42.2 Å². The number of benzene rings is 1. The highest BCUT2D eigenvalue weighted by Crippen LogP contribution is 2.32. The molecule has 0 spiro atoms. The van der Waals surface area contributed by atoms with Crippen molar-refractivity contribution >= 4 is 33.2 Å². The number of anilines is 2. The summed E-state index contributed by atoms with van der Waals surface area (Å²) >= 11 is 0. The van der Waals surface area contributed by atoms with Crippen molar-refractivity contribution in [1.82, 2.24) is 5.32 Å². The van der Waals surface area contributed by atoms with Gasteiger partial charge in [-0.1, -0.05) is 0 Å². The van der Waals surface area contributed by atoms with Crippen LogP contribution in [0.15, 0.2) is 18.2 Å². The molecule has 0 unspecified atom stereocenters. The lowest BCUT2D eigenvalue weighted by molar-refractivity contribution is -0.136. The van der Waals surface area contributed by atoms with Crippen LogP contribution in [0, 0.1) is 0 Å². The van der Waals surface area contributed by atoms with Gasteiger partial charge in [-0.3, -0.25) is 13.9 Å². The molecule has 10 heteroatoms. The molecule has 2 amide bonds.